The van der Waals surface area contributed by atoms with Crippen LogP contribution in [-0.4, -0.2) is 9.79 Å². The molecule has 0 aromatic heterocycles. The molecule has 0 fully saturated rings. The van der Waals surface area contributed by atoms with Crippen molar-refractivity contribution in [2.75, 3.05) is 0 Å². The fourth-order valence-corrected chi connectivity index (χ4v) is 4.60. The van der Waals surface area contributed by atoms with Crippen molar-refractivity contribution in [2.45, 2.75) is 106 Å². The van der Waals surface area contributed by atoms with E-state index in [0.29, 0.717) is 17.6 Å². The molecule has 0 radical (unpaired) electrons. The van der Waals surface area contributed by atoms with E-state index in [1.165, 1.54) is 44.1 Å². The number of hydrogen-bond donors (Lipinski definition) is 2. The largest absolute Gasteiger partial charge is 0.524 e. The maximum Gasteiger partial charge on any atom is 0.524 e. The van der Waals surface area contributed by atoms with E-state index in [0.717, 1.165) is 43.1 Å². The van der Waals surface area contributed by atoms with Crippen molar-refractivity contribution in [1.82, 2.24) is 0 Å². The zero-order valence-electron chi connectivity index (χ0n) is 20.8. The predicted molar refractivity (Wildman–Crippen MR) is 131 cm³/mol. The van der Waals surface area contributed by atoms with E-state index in [-0.39, 0.29) is 0 Å². The highest BCUT2D eigenvalue weighted by atomic mass is 31.2. The van der Waals surface area contributed by atoms with Crippen LogP contribution in [0.25, 0.3) is 0 Å². The Hall–Kier alpha value is -0.830. The Bertz CT molecular complexity index is 665. The van der Waals surface area contributed by atoms with Crippen LogP contribution in [0.5, 0.6) is 5.75 Å². The molecule has 0 aliphatic heterocycles. The van der Waals surface area contributed by atoms with Gasteiger partial charge in [0.1, 0.15) is 5.75 Å². The van der Waals surface area contributed by atoms with E-state index in [4.69, 9.17) is 4.52 Å². The summed E-state index contributed by atoms with van der Waals surface area (Å²) in [5, 5.41) is 0. The van der Waals surface area contributed by atoms with Gasteiger partial charge in [-0.05, 0) is 66.5 Å². The molecule has 5 heteroatoms. The maximum absolute atomic E-state index is 11.5. The fraction of sp³-hybridized carbons (Fsp3) is 0.769. The van der Waals surface area contributed by atoms with Crippen molar-refractivity contribution in [2.24, 2.45) is 23.7 Å². The molecule has 1 aromatic carbocycles. The summed E-state index contributed by atoms with van der Waals surface area (Å²) in [6.45, 7) is 13.7. The molecule has 4 nitrogen and oxygen atoms in total. The Balaban J connectivity index is 2.80. The lowest BCUT2D eigenvalue weighted by atomic mass is 9.89. The van der Waals surface area contributed by atoms with E-state index in [9.17, 15) is 14.4 Å². The van der Waals surface area contributed by atoms with Gasteiger partial charge < -0.3 is 4.52 Å². The van der Waals surface area contributed by atoms with Crippen molar-refractivity contribution >= 4 is 7.82 Å². The summed E-state index contributed by atoms with van der Waals surface area (Å²) >= 11 is 0. The second-order valence-electron chi connectivity index (χ2n) is 10.4. The first-order valence-corrected chi connectivity index (χ1v) is 13.9. The smallest absolute Gasteiger partial charge is 0.404 e. The lowest BCUT2D eigenvalue weighted by Gasteiger charge is -2.19. The lowest BCUT2D eigenvalue weighted by Crippen LogP contribution is -2.06. The third kappa shape index (κ3) is 13.3. The molecule has 0 saturated carbocycles. The summed E-state index contributed by atoms with van der Waals surface area (Å²) in [7, 11) is -4.57. The van der Waals surface area contributed by atoms with Crippen LogP contribution >= 0.6 is 7.82 Å². The Morgan fingerprint density at radius 2 is 1.29 bits per heavy atom. The molecule has 0 heterocycles. The molecule has 1 rings (SSSR count). The van der Waals surface area contributed by atoms with Crippen molar-refractivity contribution in [1.29, 1.82) is 0 Å². The third-order valence-corrected chi connectivity index (χ3v) is 6.63. The molecule has 0 aliphatic carbocycles. The van der Waals surface area contributed by atoms with Gasteiger partial charge in [0.2, 0.25) is 0 Å². The summed E-state index contributed by atoms with van der Waals surface area (Å²) in [4.78, 5) is 18.8. The van der Waals surface area contributed by atoms with Gasteiger partial charge in [-0.15, -0.1) is 0 Å². The molecule has 0 saturated heterocycles. The van der Waals surface area contributed by atoms with Crippen LogP contribution in [0.3, 0.4) is 0 Å². The molecule has 0 amide bonds. The highest BCUT2D eigenvalue weighted by Gasteiger charge is 2.20. The minimum Gasteiger partial charge on any atom is -0.404 e. The molecule has 0 aliphatic rings. The molecule has 180 valence electrons. The number of phosphoric acid groups is 1. The first kappa shape index (κ1) is 28.2. The van der Waals surface area contributed by atoms with Crippen molar-refractivity contribution in [3.63, 3.8) is 0 Å². The van der Waals surface area contributed by atoms with E-state index in [2.05, 4.69) is 47.6 Å². The van der Waals surface area contributed by atoms with Gasteiger partial charge >= 0.3 is 7.82 Å². The van der Waals surface area contributed by atoms with Gasteiger partial charge in [-0.2, -0.15) is 0 Å². The van der Waals surface area contributed by atoms with Crippen molar-refractivity contribution in [3.05, 3.63) is 29.3 Å². The Morgan fingerprint density at radius 3 is 1.77 bits per heavy atom. The normalized spacial score (nSPS) is 14.3. The molecule has 2 unspecified atom stereocenters. The molecule has 2 atom stereocenters. The van der Waals surface area contributed by atoms with Gasteiger partial charge in [-0.3, -0.25) is 9.79 Å². The zero-order valence-corrected chi connectivity index (χ0v) is 21.7. The van der Waals surface area contributed by atoms with E-state index in [1.807, 2.05) is 6.07 Å². The van der Waals surface area contributed by atoms with Crippen LogP contribution in [0.15, 0.2) is 18.2 Å². The summed E-state index contributed by atoms with van der Waals surface area (Å²) in [6.07, 6.45) is 11.3. The zero-order chi connectivity index (χ0) is 23.4. The number of aryl methyl sites for hydroxylation is 1. The monoisotopic (exact) mass is 454 g/mol. The standard InChI is InChI=1S/C26H47O4P/c1-20(2)10-7-12-22(5)16-18-24-14-9-15-26(30-31(27,28)29)25(24)19-17-23(6)13-8-11-21(3)4/h9,14-15,20-23H,7-8,10-13,16-19H2,1-6H3,(H2,27,28,29). The molecule has 1 aromatic rings. The number of rotatable bonds is 16. The minimum atomic E-state index is -4.57. The second kappa shape index (κ2) is 14.3. The number of hydrogen-bond acceptors (Lipinski definition) is 2. The highest BCUT2D eigenvalue weighted by molar-refractivity contribution is 7.46. The van der Waals surface area contributed by atoms with E-state index in [1.54, 1.807) is 6.07 Å². The predicted octanol–water partition coefficient (Wildman–Crippen LogP) is 7.95. The number of phosphoric ester groups is 1. The highest BCUT2D eigenvalue weighted by Crippen LogP contribution is 2.41. The molecular weight excluding hydrogens is 407 g/mol. The molecule has 0 bridgehead atoms. The minimum absolute atomic E-state index is 0.354. The SMILES string of the molecule is CC(C)CCCC(C)CCc1cccc(OP(=O)(O)O)c1CCC(C)CCCC(C)C. The van der Waals surface area contributed by atoms with Crippen LogP contribution in [0.1, 0.15) is 104 Å². The van der Waals surface area contributed by atoms with Crippen LogP contribution in [0.2, 0.25) is 0 Å². The van der Waals surface area contributed by atoms with Gasteiger partial charge in [-0.25, -0.2) is 4.57 Å². The van der Waals surface area contributed by atoms with Crippen LogP contribution in [0, 0.1) is 23.7 Å². The van der Waals surface area contributed by atoms with Gasteiger partial charge in [0, 0.05) is 0 Å². The molecule has 2 N–H and O–H groups in total. The van der Waals surface area contributed by atoms with E-state index >= 15 is 0 Å². The summed E-state index contributed by atoms with van der Waals surface area (Å²) in [5.41, 5.74) is 2.16. The van der Waals surface area contributed by atoms with Gasteiger partial charge in [0.15, 0.2) is 0 Å². The summed E-state index contributed by atoms with van der Waals surface area (Å²) in [5.74, 6) is 3.08. The third-order valence-electron chi connectivity index (χ3n) is 6.20. The van der Waals surface area contributed by atoms with Crippen molar-refractivity contribution < 1.29 is 18.9 Å². The van der Waals surface area contributed by atoms with Gasteiger partial charge in [-0.1, -0.05) is 92.2 Å². The Kier molecular flexibility index (Phi) is 13.1. The van der Waals surface area contributed by atoms with Crippen LogP contribution < -0.4 is 4.52 Å². The average Bonchev–Trinajstić information content (AvgIpc) is 2.63. The number of benzene rings is 1. The first-order valence-electron chi connectivity index (χ1n) is 12.3. The van der Waals surface area contributed by atoms with Gasteiger partial charge in [0.25, 0.3) is 0 Å². The second-order valence-corrected chi connectivity index (χ2v) is 11.6. The molecular formula is C26H47O4P. The van der Waals surface area contributed by atoms with E-state index < -0.39 is 7.82 Å². The topological polar surface area (TPSA) is 66.8 Å². The van der Waals surface area contributed by atoms with Gasteiger partial charge in [0.05, 0.1) is 0 Å². The summed E-state index contributed by atoms with van der Waals surface area (Å²) in [6, 6.07) is 5.67. The fourth-order valence-electron chi connectivity index (χ4n) is 4.17. The summed E-state index contributed by atoms with van der Waals surface area (Å²) < 4.78 is 16.6. The van der Waals surface area contributed by atoms with Crippen molar-refractivity contribution in [3.8, 4) is 5.75 Å². The Labute approximate surface area is 191 Å². The van der Waals surface area contributed by atoms with Crippen LogP contribution in [0.4, 0.5) is 0 Å². The lowest BCUT2D eigenvalue weighted by molar-refractivity contribution is 0.282. The Morgan fingerprint density at radius 1 is 0.774 bits per heavy atom. The average molecular weight is 455 g/mol. The molecule has 31 heavy (non-hydrogen) atoms. The van der Waals surface area contributed by atoms with Crippen LogP contribution in [-0.2, 0) is 17.4 Å². The molecule has 0 spiro atoms. The quantitative estimate of drug-likeness (QED) is 0.249. The first-order chi connectivity index (χ1) is 14.5. The maximum atomic E-state index is 11.5.